The largest absolute Gasteiger partial charge is 0.355 e. The van der Waals surface area contributed by atoms with E-state index in [1.165, 1.54) is 19.3 Å². The van der Waals surface area contributed by atoms with E-state index in [-0.39, 0.29) is 0 Å². The SMILES string of the molecule is CN(c1cnccn1)C1CCCNCC1. The van der Waals surface area contributed by atoms with Crippen LogP contribution in [-0.4, -0.2) is 36.1 Å². The van der Waals surface area contributed by atoms with E-state index >= 15 is 0 Å². The lowest BCUT2D eigenvalue weighted by Gasteiger charge is -2.27. The first kappa shape index (κ1) is 10.4. The van der Waals surface area contributed by atoms with Crippen molar-refractivity contribution in [2.24, 2.45) is 0 Å². The minimum absolute atomic E-state index is 0.594. The van der Waals surface area contributed by atoms with Crippen molar-refractivity contribution >= 4 is 5.82 Å². The summed E-state index contributed by atoms with van der Waals surface area (Å²) in [5.74, 6) is 0.976. The second-order valence-electron chi connectivity index (χ2n) is 4.01. The van der Waals surface area contributed by atoms with Gasteiger partial charge in [-0.2, -0.15) is 0 Å². The summed E-state index contributed by atoms with van der Waals surface area (Å²) in [6.07, 6.45) is 8.97. The molecule has 2 heterocycles. The zero-order valence-corrected chi connectivity index (χ0v) is 9.19. The Morgan fingerprint density at radius 3 is 3.07 bits per heavy atom. The highest BCUT2D eigenvalue weighted by atomic mass is 15.2. The standard InChI is InChI=1S/C11H18N4/c1-15(11-9-13-7-8-14-11)10-3-2-5-12-6-4-10/h7-10,12H,2-6H2,1H3. The molecule has 15 heavy (non-hydrogen) atoms. The summed E-state index contributed by atoms with van der Waals surface area (Å²) in [5.41, 5.74) is 0. The molecule has 1 fully saturated rings. The Hall–Kier alpha value is -1.16. The molecule has 1 unspecified atom stereocenters. The summed E-state index contributed by atoms with van der Waals surface area (Å²) in [6.45, 7) is 2.25. The maximum absolute atomic E-state index is 4.33. The van der Waals surface area contributed by atoms with E-state index in [9.17, 15) is 0 Å². The maximum atomic E-state index is 4.33. The van der Waals surface area contributed by atoms with Gasteiger partial charge in [-0.25, -0.2) is 4.98 Å². The summed E-state index contributed by atoms with van der Waals surface area (Å²) >= 11 is 0. The topological polar surface area (TPSA) is 41.1 Å². The molecular weight excluding hydrogens is 188 g/mol. The summed E-state index contributed by atoms with van der Waals surface area (Å²) in [7, 11) is 2.11. The van der Waals surface area contributed by atoms with Crippen molar-refractivity contribution in [3.05, 3.63) is 18.6 Å². The Kier molecular flexibility index (Phi) is 3.50. The predicted molar refractivity (Wildman–Crippen MR) is 60.9 cm³/mol. The summed E-state index contributed by atoms with van der Waals surface area (Å²) in [6, 6.07) is 0.594. The van der Waals surface area contributed by atoms with Gasteiger partial charge in [-0.05, 0) is 32.4 Å². The fourth-order valence-corrected chi connectivity index (χ4v) is 2.05. The summed E-state index contributed by atoms with van der Waals surface area (Å²) in [5, 5.41) is 3.42. The first-order valence-electron chi connectivity index (χ1n) is 5.57. The Balaban J connectivity index is 2.03. The molecule has 0 amide bonds. The van der Waals surface area contributed by atoms with Crippen LogP contribution in [0.2, 0.25) is 0 Å². The molecule has 1 aromatic rings. The molecule has 1 N–H and O–H groups in total. The molecule has 82 valence electrons. The fourth-order valence-electron chi connectivity index (χ4n) is 2.05. The van der Waals surface area contributed by atoms with Crippen LogP contribution in [0.1, 0.15) is 19.3 Å². The summed E-state index contributed by atoms with van der Waals surface area (Å²) < 4.78 is 0. The zero-order chi connectivity index (χ0) is 10.5. The number of anilines is 1. The molecule has 1 aliphatic heterocycles. The van der Waals surface area contributed by atoms with Crippen molar-refractivity contribution in [2.45, 2.75) is 25.3 Å². The molecular formula is C11H18N4. The molecule has 0 saturated carbocycles. The predicted octanol–water partition coefficient (Wildman–Crippen LogP) is 1.05. The van der Waals surface area contributed by atoms with Gasteiger partial charge >= 0.3 is 0 Å². The first-order chi connectivity index (χ1) is 7.38. The highest BCUT2D eigenvalue weighted by Gasteiger charge is 2.17. The van der Waals surface area contributed by atoms with E-state index in [0.29, 0.717) is 6.04 Å². The quantitative estimate of drug-likeness (QED) is 0.785. The van der Waals surface area contributed by atoms with Gasteiger partial charge in [0.05, 0.1) is 6.20 Å². The smallest absolute Gasteiger partial charge is 0.147 e. The van der Waals surface area contributed by atoms with Crippen molar-refractivity contribution in [3.63, 3.8) is 0 Å². The van der Waals surface area contributed by atoms with Gasteiger partial charge in [0.15, 0.2) is 0 Å². The van der Waals surface area contributed by atoms with Crippen LogP contribution in [0.25, 0.3) is 0 Å². The van der Waals surface area contributed by atoms with Crippen molar-refractivity contribution in [1.29, 1.82) is 0 Å². The number of hydrogen-bond donors (Lipinski definition) is 1. The number of rotatable bonds is 2. The molecule has 4 nitrogen and oxygen atoms in total. The molecule has 0 aromatic carbocycles. The normalized spacial score (nSPS) is 22.1. The lowest BCUT2D eigenvalue weighted by atomic mass is 10.1. The third kappa shape index (κ3) is 2.65. The minimum Gasteiger partial charge on any atom is -0.355 e. The van der Waals surface area contributed by atoms with Crippen molar-refractivity contribution in [2.75, 3.05) is 25.0 Å². The average molecular weight is 206 g/mol. The number of aromatic nitrogens is 2. The van der Waals surface area contributed by atoms with Crippen LogP contribution in [0.5, 0.6) is 0 Å². The third-order valence-electron chi connectivity index (χ3n) is 3.00. The molecule has 2 rings (SSSR count). The van der Waals surface area contributed by atoms with Crippen molar-refractivity contribution in [1.82, 2.24) is 15.3 Å². The summed E-state index contributed by atoms with van der Waals surface area (Å²) in [4.78, 5) is 10.7. The average Bonchev–Trinajstić information content (AvgIpc) is 2.58. The second kappa shape index (κ2) is 5.07. The molecule has 0 bridgehead atoms. The Morgan fingerprint density at radius 2 is 2.27 bits per heavy atom. The molecule has 1 saturated heterocycles. The lowest BCUT2D eigenvalue weighted by Crippen LogP contribution is -2.33. The molecule has 4 heteroatoms. The van der Waals surface area contributed by atoms with E-state index < -0.39 is 0 Å². The van der Waals surface area contributed by atoms with Crippen LogP contribution in [0.4, 0.5) is 5.82 Å². The van der Waals surface area contributed by atoms with E-state index in [2.05, 4.69) is 27.2 Å². The van der Waals surface area contributed by atoms with E-state index in [1.807, 2.05) is 6.20 Å². The first-order valence-corrected chi connectivity index (χ1v) is 5.57. The minimum atomic E-state index is 0.594. The highest BCUT2D eigenvalue weighted by Crippen LogP contribution is 2.17. The van der Waals surface area contributed by atoms with Gasteiger partial charge in [-0.1, -0.05) is 0 Å². The Bertz CT molecular complexity index is 280. The van der Waals surface area contributed by atoms with Crippen LogP contribution in [0, 0.1) is 0 Å². The third-order valence-corrected chi connectivity index (χ3v) is 3.00. The van der Waals surface area contributed by atoms with Crippen molar-refractivity contribution < 1.29 is 0 Å². The maximum Gasteiger partial charge on any atom is 0.147 e. The number of nitrogens with zero attached hydrogens (tertiary/aromatic N) is 3. The second-order valence-corrected chi connectivity index (χ2v) is 4.01. The van der Waals surface area contributed by atoms with E-state index in [1.54, 1.807) is 12.4 Å². The monoisotopic (exact) mass is 206 g/mol. The number of nitrogens with one attached hydrogen (secondary N) is 1. The number of hydrogen-bond acceptors (Lipinski definition) is 4. The van der Waals surface area contributed by atoms with Crippen LogP contribution in [0.15, 0.2) is 18.6 Å². The van der Waals surface area contributed by atoms with Gasteiger partial charge in [0.25, 0.3) is 0 Å². The van der Waals surface area contributed by atoms with Crippen LogP contribution in [0.3, 0.4) is 0 Å². The molecule has 1 aromatic heterocycles. The molecule has 1 atom stereocenters. The fraction of sp³-hybridized carbons (Fsp3) is 0.636. The van der Waals surface area contributed by atoms with Gasteiger partial charge in [0, 0.05) is 25.5 Å². The Morgan fingerprint density at radius 1 is 1.33 bits per heavy atom. The Labute approximate surface area is 90.7 Å². The molecule has 0 spiro atoms. The van der Waals surface area contributed by atoms with Gasteiger partial charge in [-0.15, -0.1) is 0 Å². The van der Waals surface area contributed by atoms with Gasteiger partial charge in [0.1, 0.15) is 5.82 Å². The van der Waals surface area contributed by atoms with Crippen molar-refractivity contribution in [3.8, 4) is 0 Å². The van der Waals surface area contributed by atoms with E-state index in [4.69, 9.17) is 0 Å². The van der Waals surface area contributed by atoms with E-state index in [0.717, 1.165) is 18.9 Å². The lowest BCUT2D eigenvalue weighted by molar-refractivity contribution is 0.562. The molecule has 0 aliphatic carbocycles. The highest BCUT2D eigenvalue weighted by molar-refractivity contribution is 5.35. The van der Waals surface area contributed by atoms with Gasteiger partial charge in [0.2, 0.25) is 0 Å². The zero-order valence-electron chi connectivity index (χ0n) is 9.19. The van der Waals surface area contributed by atoms with Crippen LogP contribution >= 0.6 is 0 Å². The van der Waals surface area contributed by atoms with Gasteiger partial charge < -0.3 is 10.2 Å². The molecule has 0 radical (unpaired) electrons. The van der Waals surface area contributed by atoms with Crippen LogP contribution < -0.4 is 10.2 Å². The molecule has 1 aliphatic rings. The van der Waals surface area contributed by atoms with Gasteiger partial charge in [-0.3, -0.25) is 4.98 Å². The van der Waals surface area contributed by atoms with Crippen LogP contribution in [-0.2, 0) is 0 Å².